The largest absolute Gasteiger partial charge is 0.279 e. The van der Waals surface area contributed by atoms with E-state index in [0.717, 1.165) is 27.9 Å². The Hall–Kier alpha value is -6.39. The lowest BCUT2D eigenvalue weighted by Gasteiger charge is -2.29. The number of anilines is 3. The molecule has 1 aromatic heterocycles. The Morgan fingerprint density at radius 3 is 1.54 bits per heavy atom. The molecule has 0 saturated carbocycles. The van der Waals surface area contributed by atoms with E-state index in [-0.39, 0.29) is 5.92 Å². The third kappa shape index (κ3) is 6.79. The Balaban J connectivity index is 1.36. The minimum Gasteiger partial charge on any atom is -0.279 e. The minimum absolute atomic E-state index is 0.0233. The van der Waals surface area contributed by atoms with Gasteiger partial charge in [0.25, 0.3) is 0 Å². The SMILES string of the molecule is Cc1cc(C)c(C(c2cccc(N(c3ccccc3)c3nc(-c4ccccc4)nc(-c4ccc5ccccc5c4)n3)c2)c2c(C)cc(C)cc2C)c(C)c1. The molecule has 0 atom stereocenters. The fraction of sp³-hybridized carbons (Fsp3) is 0.140. The number of hydrogen-bond donors (Lipinski definition) is 0. The summed E-state index contributed by atoms with van der Waals surface area (Å²) in [5.41, 5.74) is 15.5. The molecule has 0 fully saturated rings. The molecule has 4 heteroatoms. The average Bonchev–Trinajstić information content (AvgIpc) is 3.17. The van der Waals surface area contributed by atoms with Crippen LogP contribution in [0, 0.1) is 41.5 Å². The van der Waals surface area contributed by atoms with Crippen molar-refractivity contribution in [1.82, 2.24) is 15.0 Å². The number of aryl methyl sites for hydroxylation is 6. The van der Waals surface area contributed by atoms with Crippen molar-refractivity contribution in [2.75, 3.05) is 4.90 Å². The summed E-state index contributed by atoms with van der Waals surface area (Å²) in [6.45, 7) is 13.4. The fourth-order valence-corrected chi connectivity index (χ4v) is 8.21. The zero-order valence-electron chi connectivity index (χ0n) is 31.8. The van der Waals surface area contributed by atoms with Crippen LogP contribution in [0.15, 0.2) is 152 Å². The van der Waals surface area contributed by atoms with Gasteiger partial charge in [-0.05, 0) is 122 Å². The molecular formula is C50H44N4. The molecule has 4 nitrogen and oxygen atoms in total. The van der Waals surface area contributed by atoms with Crippen LogP contribution in [0.1, 0.15) is 56.0 Å². The summed E-state index contributed by atoms with van der Waals surface area (Å²) in [6.07, 6.45) is 0. The number of rotatable bonds is 8. The van der Waals surface area contributed by atoms with E-state index in [2.05, 4.69) is 174 Å². The first-order valence-electron chi connectivity index (χ1n) is 18.6. The van der Waals surface area contributed by atoms with Gasteiger partial charge in [-0.25, -0.2) is 4.98 Å². The van der Waals surface area contributed by atoms with Crippen LogP contribution < -0.4 is 4.90 Å². The predicted octanol–water partition coefficient (Wildman–Crippen LogP) is 12.9. The van der Waals surface area contributed by atoms with E-state index in [4.69, 9.17) is 15.0 Å². The van der Waals surface area contributed by atoms with Gasteiger partial charge in [-0.15, -0.1) is 0 Å². The molecule has 0 saturated heterocycles. The highest BCUT2D eigenvalue weighted by molar-refractivity contribution is 5.87. The maximum atomic E-state index is 5.26. The maximum absolute atomic E-state index is 5.26. The van der Waals surface area contributed by atoms with Gasteiger partial charge in [-0.2, -0.15) is 9.97 Å². The fourth-order valence-electron chi connectivity index (χ4n) is 8.21. The van der Waals surface area contributed by atoms with Crippen LogP contribution in [-0.4, -0.2) is 15.0 Å². The van der Waals surface area contributed by atoms with Gasteiger partial charge in [-0.3, -0.25) is 4.90 Å². The Kier molecular flexibility index (Phi) is 9.35. The smallest absolute Gasteiger partial charge is 0.238 e. The van der Waals surface area contributed by atoms with Crippen molar-refractivity contribution in [2.24, 2.45) is 0 Å². The molecule has 0 N–H and O–H groups in total. The lowest BCUT2D eigenvalue weighted by molar-refractivity contribution is 0.918. The molecule has 0 unspecified atom stereocenters. The first kappa shape index (κ1) is 34.7. The monoisotopic (exact) mass is 700 g/mol. The molecule has 8 aromatic rings. The molecule has 0 aliphatic carbocycles. The molecule has 264 valence electrons. The predicted molar refractivity (Wildman–Crippen MR) is 225 cm³/mol. The second kappa shape index (κ2) is 14.6. The second-order valence-electron chi connectivity index (χ2n) is 14.5. The van der Waals surface area contributed by atoms with E-state index in [1.54, 1.807) is 0 Å². The van der Waals surface area contributed by atoms with E-state index in [9.17, 15) is 0 Å². The van der Waals surface area contributed by atoms with Crippen molar-refractivity contribution in [3.8, 4) is 22.8 Å². The molecule has 54 heavy (non-hydrogen) atoms. The van der Waals surface area contributed by atoms with E-state index in [1.807, 2.05) is 24.3 Å². The maximum Gasteiger partial charge on any atom is 0.238 e. The number of benzene rings is 7. The van der Waals surface area contributed by atoms with Gasteiger partial charge in [0.2, 0.25) is 5.95 Å². The number of fused-ring (bicyclic) bond motifs is 1. The zero-order valence-corrected chi connectivity index (χ0v) is 31.8. The third-order valence-electron chi connectivity index (χ3n) is 10.4. The first-order chi connectivity index (χ1) is 26.2. The third-order valence-corrected chi connectivity index (χ3v) is 10.4. The van der Waals surface area contributed by atoms with Crippen molar-refractivity contribution < 1.29 is 0 Å². The summed E-state index contributed by atoms with van der Waals surface area (Å²) in [4.78, 5) is 17.7. The highest BCUT2D eigenvalue weighted by Crippen LogP contribution is 2.42. The van der Waals surface area contributed by atoms with Crippen LogP contribution in [0.4, 0.5) is 17.3 Å². The first-order valence-corrected chi connectivity index (χ1v) is 18.6. The molecule has 0 aliphatic heterocycles. The summed E-state index contributed by atoms with van der Waals surface area (Å²) in [5, 5.41) is 2.31. The Bertz CT molecular complexity index is 2520. The Morgan fingerprint density at radius 1 is 0.407 bits per heavy atom. The topological polar surface area (TPSA) is 41.9 Å². The van der Waals surface area contributed by atoms with Crippen molar-refractivity contribution in [3.05, 3.63) is 202 Å². The summed E-state index contributed by atoms with van der Waals surface area (Å²) in [6, 6.07) is 53.6. The summed E-state index contributed by atoms with van der Waals surface area (Å²) < 4.78 is 0. The summed E-state index contributed by atoms with van der Waals surface area (Å²) in [5.74, 6) is 1.82. The van der Waals surface area contributed by atoms with Crippen molar-refractivity contribution in [1.29, 1.82) is 0 Å². The van der Waals surface area contributed by atoms with Crippen LogP contribution in [0.5, 0.6) is 0 Å². The summed E-state index contributed by atoms with van der Waals surface area (Å²) >= 11 is 0. The molecule has 7 aromatic carbocycles. The van der Waals surface area contributed by atoms with Gasteiger partial charge in [0, 0.05) is 28.4 Å². The lowest BCUT2D eigenvalue weighted by atomic mass is 9.77. The quantitative estimate of drug-likeness (QED) is 0.148. The number of para-hydroxylation sites is 1. The number of nitrogens with zero attached hydrogens (tertiary/aromatic N) is 4. The van der Waals surface area contributed by atoms with E-state index in [1.165, 1.54) is 55.5 Å². The molecule has 8 rings (SSSR count). The second-order valence-corrected chi connectivity index (χ2v) is 14.5. The van der Waals surface area contributed by atoms with E-state index >= 15 is 0 Å². The molecule has 1 heterocycles. The van der Waals surface area contributed by atoms with Crippen LogP contribution in [0.25, 0.3) is 33.5 Å². The van der Waals surface area contributed by atoms with E-state index in [0.29, 0.717) is 17.6 Å². The highest BCUT2D eigenvalue weighted by atomic mass is 15.3. The van der Waals surface area contributed by atoms with E-state index < -0.39 is 0 Å². The average molecular weight is 701 g/mol. The molecule has 0 amide bonds. The van der Waals surface area contributed by atoms with Crippen LogP contribution in [0.2, 0.25) is 0 Å². The molecular weight excluding hydrogens is 657 g/mol. The summed E-state index contributed by atoms with van der Waals surface area (Å²) in [7, 11) is 0. The van der Waals surface area contributed by atoms with Crippen molar-refractivity contribution in [2.45, 2.75) is 47.5 Å². The molecule has 0 bridgehead atoms. The molecule has 0 radical (unpaired) electrons. The van der Waals surface area contributed by atoms with Crippen LogP contribution >= 0.6 is 0 Å². The van der Waals surface area contributed by atoms with Gasteiger partial charge in [-0.1, -0.05) is 132 Å². The Labute approximate surface area is 318 Å². The lowest BCUT2D eigenvalue weighted by Crippen LogP contribution is -2.16. The van der Waals surface area contributed by atoms with Gasteiger partial charge in [0.05, 0.1) is 0 Å². The number of hydrogen-bond acceptors (Lipinski definition) is 4. The van der Waals surface area contributed by atoms with Crippen LogP contribution in [-0.2, 0) is 0 Å². The van der Waals surface area contributed by atoms with Crippen LogP contribution in [0.3, 0.4) is 0 Å². The standard InChI is InChI=1S/C50H44N4/c1-32-26-34(3)45(35(4)27-32)47(46-36(5)28-33(2)29-37(46)6)41-20-15-23-44(31-41)54(43-21-11-8-12-22-43)50-52-48(39-17-9-7-10-18-39)51-49(53-50)42-25-24-38-16-13-14-19-40(38)30-42/h7-31,47H,1-6H3. The zero-order chi connectivity index (χ0) is 37.3. The Morgan fingerprint density at radius 2 is 0.926 bits per heavy atom. The van der Waals surface area contributed by atoms with Gasteiger partial charge in [0.15, 0.2) is 11.6 Å². The highest BCUT2D eigenvalue weighted by Gasteiger charge is 2.26. The van der Waals surface area contributed by atoms with Crippen molar-refractivity contribution >= 4 is 28.1 Å². The molecule has 0 aliphatic rings. The minimum atomic E-state index is 0.0233. The van der Waals surface area contributed by atoms with Gasteiger partial charge in [0.1, 0.15) is 0 Å². The van der Waals surface area contributed by atoms with Gasteiger partial charge >= 0.3 is 0 Å². The number of aromatic nitrogens is 3. The van der Waals surface area contributed by atoms with Crippen molar-refractivity contribution in [3.63, 3.8) is 0 Å². The molecule has 0 spiro atoms. The normalized spacial score (nSPS) is 11.3. The van der Waals surface area contributed by atoms with Gasteiger partial charge < -0.3 is 0 Å².